The average molecular weight is 474 g/mol. The Morgan fingerprint density at radius 3 is 2.24 bits per heavy atom. The van der Waals surface area contributed by atoms with Gasteiger partial charge in [0.05, 0.1) is 33.8 Å². The maximum Gasteiger partial charge on any atom is 0.145 e. The van der Waals surface area contributed by atoms with Crippen LogP contribution in [0.5, 0.6) is 0 Å². The molecule has 0 spiro atoms. The number of nitrogens with one attached hydrogen (secondary N) is 1. The van der Waals surface area contributed by atoms with E-state index in [2.05, 4.69) is 104 Å². The number of rotatable bonds is 1. The van der Waals surface area contributed by atoms with Crippen LogP contribution < -0.4 is 0 Å². The maximum absolute atomic E-state index is 4.70. The van der Waals surface area contributed by atoms with E-state index in [1.54, 1.807) is 0 Å². The Morgan fingerprint density at radius 2 is 1.32 bits per heavy atom. The van der Waals surface area contributed by atoms with Crippen molar-refractivity contribution in [3.05, 3.63) is 110 Å². The Kier molecular flexibility index (Phi) is 3.47. The van der Waals surface area contributed by atoms with Crippen molar-refractivity contribution in [3.8, 4) is 5.69 Å². The van der Waals surface area contributed by atoms with Crippen LogP contribution in [-0.2, 0) is 0 Å². The number of hydrogen-bond acceptors (Lipinski definition) is 2. The zero-order valence-electron chi connectivity index (χ0n) is 19.7. The summed E-state index contributed by atoms with van der Waals surface area (Å²) in [5.74, 6) is 0. The predicted octanol–water partition coefficient (Wildman–Crippen LogP) is 7.77. The molecule has 0 atom stereocenters. The molecule has 5 heteroatoms. The molecule has 0 fully saturated rings. The van der Waals surface area contributed by atoms with Gasteiger partial charge in [0.2, 0.25) is 0 Å². The molecule has 0 amide bonds. The van der Waals surface area contributed by atoms with Crippen molar-refractivity contribution >= 4 is 70.9 Å². The van der Waals surface area contributed by atoms with Crippen molar-refractivity contribution in [2.75, 3.05) is 0 Å². The minimum Gasteiger partial charge on any atom is -0.353 e. The Morgan fingerprint density at radius 1 is 0.568 bits per heavy atom. The van der Waals surface area contributed by atoms with Crippen LogP contribution in [0.3, 0.4) is 0 Å². The smallest absolute Gasteiger partial charge is 0.145 e. The van der Waals surface area contributed by atoms with Gasteiger partial charge in [-0.05, 0) is 36.4 Å². The largest absolute Gasteiger partial charge is 0.353 e. The number of aromatic amines is 1. The number of imidazole rings is 1. The van der Waals surface area contributed by atoms with Crippen molar-refractivity contribution in [2.24, 2.45) is 0 Å². The molecule has 37 heavy (non-hydrogen) atoms. The van der Waals surface area contributed by atoms with E-state index >= 15 is 0 Å². The van der Waals surface area contributed by atoms with Crippen molar-refractivity contribution in [2.45, 2.75) is 0 Å². The Bertz CT molecular complexity index is 2350. The predicted molar refractivity (Wildman–Crippen MR) is 152 cm³/mol. The summed E-state index contributed by atoms with van der Waals surface area (Å²) in [4.78, 5) is 13.0. The number of nitrogens with zero attached hydrogens (tertiary/aromatic N) is 4. The molecule has 0 aliphatic carbocycles. The zero-order valence-corrected chi connectivity index (χ0v) is 19.7. The molecular weight excluding hydrogens is 454 g/mol. The quantitative estimate of drug-likeness (QED) is 0.248. The third kappa shape index (κ3) is 2.33. The monoisotopic (exact) mass is 473 g/mol. The number of H-pyrrole nitrogens is 1. The van der Waals surface area contributed by atoms with Crippen LogP contribution in [0.25, 0.3) is 76.6 Å². The van der Waals surface area contributed by atoms with Gasteiger partial charge in [-0.15, -0.1) is 0 Å². The summed E-state index contributed by atoms with van der Waals surface area (Å²) in [7, 11) is 0. The molecule has 0 saturated carbocycles. The first-order valence-corrected chi connectivity index (χ1v) is 12.4. The third-order valence-electron chi connectivity index (χ3n) is 7.81. The van der Waals surface area contributed by atoms with Gasteiger partial charge in [0.25, 0.3) is 0 Å². The van der Waals surface area contributed by atoms with E-state index in [-0.39, 0.29) is 0 Å². The second-order valence-corrected chi connectivity index (χ2v) is 9.62. The normalized spacial score (nSPS) is 12.3. The second kappa shape index (κ2) is 6.74. The maximum atomic E-state index is 4.70. The molecule has 172 valence electrons. The first-order valence-electron chi connectivity index (χ1n) is 12.4. The van der Waals surface area contributed by atoms with E-state index in [1.165, 1.54) is 38.0 Å². The van der Waals surface area contributed by atoms with E-state index in [9.17, 15) is 0 Å². The molecule has 0 aliphatic heterocycles. The highest BCUT2D eigenvalue weighted by Gasteiger charge is 2.19. The number of para-hydroxylation sites is 2. The molecule has 5 aromatic heterocycles. The highest BCUT2D eigenvalue weighted by molar-refractivity contribution is 6.31. The summed E-state index contributed by atoms with van der Waals surface area (Å²) in [5, 5.41) is 8.41. The highest BCUT2D eigenvalue weighted by atomic mass is 15.0. The molecule has 9 rings (SSSR count). The van der Waals surface area contributed by atoms with Gasteiger partial charge in [0.15, 0.2) is 0 Å². The summed E-state index contributed by atoms with van der Waals surface area (Å²) in [6, 6.07) is 30.4. The molecule has 5 nitrogen and oxygen atoms in total. The average Bonchev–Trinajstić information content (AvgIpc) is 3.67. The first-order chi connectivity index (χ1) is 18.4. The summed E-state index contributed by atoms with van der Waals surface area (Å²) < 4.78 is 4.49. The van der Waals surface area contributed by atoms with Crippen LogP contribution in [0.4, 0.5) is 0 Å². The fourth-order valence-corrected chi connectivity index (χ4v) is 6.30. The van der Waals surface area contributed by atoms with Gasteiger partial charge in [-0.2, -0.15) is 0 Å². The van der Waals surface area contributed by atoms with Crippen LogP contribution in [0.15, 0.2) is 110 Å². The molecule has 0 saturated heterocycles. The molecule has 0 radical (unpaired) electrons. The lowest BCUT2D eigenvalue weighted by atomic mass is 10.0. The lowest BCUT2D eigenvalue weighted by molar-refractivity contribution is 1.18. The van der Waals surface area contributed by atoms with Crippen molar-refractivity contribution < 1.29 is 0 Å². The summed E-state index contributed by atoms with van der Waals surface area (Å²) in [5.41, 5.74) is 7.86. The molecular formula is C32H19N5. The summed E-state index contributed by atoms with van der Waals surface area (Å²) >= 11 is 0. The van der Waals surface area contributed by atoms with Crippen LogP contribution in [0.2, 0.25) is 0 Å². The number of pyridine rings is 2. The standard InChI is InChI=1S/C32H19N5/c1-2-6-19(7-3-1)37-25-9-5-4-8-22(25)29-26(37)13-12-21-20-10-11-24-28(30(20)35-31(21)29)23-14-15-33-18-27(23)36-17-16-34-32(24)36/h1-18,35H. The van der Waals surface area contributed by atoms with Gasteiger partial charge in [-0.25, -0.2) is 4.98 Å². The van der Waals surface area contributed by atoms with E-state index in [4.69, 9.17) is 4.98 Å². The first kappa shape index (κ1) is 19.1. The summed E-state index contributed by atoms with van der Waals surface area (Å²) in [6.45, 7) is 0. The molecule has 0 aliphatic rings. The Hall–Kier alpha value is -5.16. The SMILES string of the molecule is c1ccc(-n2c3ccccc3c3c4[nH]c5c(ccc6c5c5ccncc5n5ccnc65)c4ccc32)cc1. The zero-order chi connectivity index (χ0) is 24.1. The minimum absolute atomic E-state index is 0.946. The second-order valence-electron chi connectivity index (χ2n) is 9.62. The van der Waals surface area contributed by atoms with Crippen molar-refractivity contribution in [1.82, 2.24) is 23.9 Å². The number of hydrogen-bond donors (Lipinski definition) is 1. The van der Waals surface area contributed by atoms with Gasteiger partial charge in [0.1, 0.15) is 5.65 Å². The molecule has 1 N–H and O–H groups in total. The van der Waals surface area contributed by atoms with Crippen LogP contribution in [0, 0.1) is 0 Å². The number of fused-ring (bicyclic) bond motifs is 14. The van der Waals surface area contributed by atoms with Gasteiger partial charge >= 0.3 is 0 Å². The van der Waals surface area contributed by atoms with Crippen LogP contribution in [-0.4, -0.2) is 23.9 Å². The summed E-state index contributed by atoms with van der Waals surface area (Å²) in [6.07, 6.45) is 7.67. The minimum atomic E-state index is 0.946. The molecule has 9 aromatic rings. The Balaban J connectivity index is 1.52. The van der Waals surface area contributed by atoms with Gasteiger partial charge < -0.3 is 9.55 Å². The van der Waals surface area contributed by atoms with E-state index in [1.807, 2.05) is 24.8 Å². The third-order valence-corrected chi connectivity index (χ3v) is 7.81. The topological polar surface area (TPSA) is 50.9 Å². The highest BCUT2D eigenvalue weighted by Crippen LogP contribution is 2.42. The number of benzene rings is 4. The van der Waals surface area contributed by atoms with E-state index in [0.717, 1.165) is 38.7 Å². The van der Waals surface area contributed by atoms with Gasteiger partial charge in [0, 0.05) is 62.0 Å². The van der Waals surface area contributed by atoms with E-state index in [0.29, 0.717) is 0 Å². The van der Waals surface area contributed by atoms with Crippen LogP contribution in [0.1, 0.15) is 0 Å². The fourth-order valence-electron chi connectivity index (χ4n) is 6.30. The molecule has 0 bridgehead atoms. The van der Waals surface area contributed by atoms with Crippen molar-refractivity contribution in [3.63, 3.8) is 0 Å². The molecule has 4 aromatic carbocycles. The van der Waals surface area contributed by atoms with Crippen molar-refractivity contribution in [1.29, 1.82) is 0 Å². The van der Waals surface area contributed by atoms with Gasteiger partial charge in [-0.1, -0.05) is 48.5 Å². The lowest BCUT2D eigenvalue weighted by Gasteiger charge is -2.08. The fraction of sp³-hybridized carbons (Fsp3) is 0. The van der Waals surface area contributed by atoms with E-state index < -0.39 is 0 Å². The molecule has 5 heterocycles. The lowest BCUT2D eigenvalue weighted by Crippen LogP contribution is -1.92. The Labute approximate surface area is 210 Å². The molecule has 0 unspecified atom stereocenters. The van der Waals surface area contributed by atoms with Crippen LogP contribution >= 0.6 is 0 Å². The number of aromatic nitrogens is 5. The van der Waals surface area contributed by atoms with Gasteiger partial charge in [-0.3, -0.25) is 9.38 Å².